The molecule has 1 aliphatic heterocycles. The van der Waals surface area contributed by atoms with E-state index in [0.29, 0.717) is 23.7 Å². The van der Waals surface area contributed by atoms with E-state index in [0.717, 1.165) is 13.1 Å². The molecule has 1 fully saturated rings. The van der Waals surface area contributed by atoms with E-state index in [4.69, 9.17) is 16.3 Å². The minimum Gasteiger partial charge on any atom is -0.508 e. The van der Waals surface area contributed by atoms with Gasteiger partial charge in [-0.05, 0) is 18.2 Å². The fourth-order valence-electron chi connectivity index (χ4n) is 2.01. The highest BCUT2D eigenvalue weighted by Gasteiger charge is 2.21. The second kappa shape index (κ2) is 6.23. The van der Waals surface area contributed by atoms with E-state index in [9.17, 15) is 9.90 Å². The zero-order valence-corrected chi connectivity index (χ0v) is 11.5. The third-order valence-electron chi connectivity index (χ3n) is 3.01. The lowest BCUT2D eigenvalue weighted by atomic mass is 10.1. The largest absolute Gasteiger partial charge is 0.508 e. The maximum Gasteiger partial charge on any atom is 0.255 e. The van der Waals surface area contributed by atoms with E-state index in [1.54, 1.807) is 11.9 Å². The number of phenolic OH excluding ortho intramolecular Hbond substituents is 1. The summed E-state index contributed by atoms with van der Waals surface area (Å²) >= 11 is 5.98. The number of carbonyl (C=O) groups excluding carboxylic acids is 1. The van der Waals surface area contributed by atoms with Crippen LogP contribution in [-0.2, 0) is 4.74 Å². The van der Waals surface area contributed by atoms with E-state index >= 15 is 0 Å². The van der Waals surface area contributed by atoms with Crippen molar-refractivity contribution in [2.24, 2.45) is 0 Å². The van der Waals surface area contributed by atoms with E-state index in [1.807, 2.05) is 0 Å². The van der Waals surface area contributed by atoms with Crippen LogP contribution in [0.15, 0.2) is 18.2 Å². The van der Waals surface area contributed by atoms with Crippen molar-refractivity contribution in [2.45, 2.75) is 6.10 Å². The first-order valence-electron chi connectivity index (χ1n) is 6.14. The van der Waals surface area contributed by atoms with E-state index in [1.165, 1.54) is 18.2 Å². The van der Waals surface area contributed by atoms with Crippen molar-refractivity contribution in [2.75, 3.05) is 33.3 Å². The Kier molecular flexibility index (Phi) is 4.63. The number of hydrogen-bond donors (Lipinski definition) is 2. The predicted molar refractivity (Wildman–Crippen MR) is 72.7 cm³/mol. The first-order chi connectivity index (χ1) is 9.08. The van der Waals surface area contributed by atoms with Gasteiger partial charge in [0.05, 0.1) is 23.3 Å². The minimum absolute atomic E-state index is 0.0150. The Morgan fingerprint density at radius 3 is 3.11 bits per heavy atom. The number of ether oxygens (including phenoxy) is 1. The molecular formula is C13H17ClN2O3. The molecule has 0 radical (unpaired) electrons. The van der Waals surface area contributed by atoms with Crippen molar-refractivity contribution in [3.8, 4) is 5.75 Å². The van der Waals surface area contributed by atoms with Crippen LogP contribution in [0.4, 0.5) is 0 Å². The van der Waals surface area contributed by atoms with Gasteiger partial charge in [-0.15, -0.1) is 0 Å². The minimum atomic E-state index is -0.227. The van der Waals surface area contributed by atoms with Crippen LogP contribution in [0.2, 0.25) is 5.02 Å². The molecule has 0 spiro atoms. The Morgan fingerprint density at radius 1 is 1.63 bits per heavy atom. The molecule has 0 aliphatic carbocycles. The summed E-state index contributed by atoms with van der Waals surface area (Å²) in [6, 6.07) is 4.34. The summed E-state index contributed by atoms with van der Waals surface area (Å²) in [5.41, 5.74) is 0.299. The normalized spacial score (nSPS) is 19.2. The number of nitrogens with one attached hydrogen (secondary N) is 1. The van der Waals surface area contributed by atoms with Gasteiger partial charge in [0.25, 0.3) is 5.91 Å². The molecule has 1 heterocycles. The van der Waals surface area contributed by atoms with Crippen LogP contribution < -0.4 is 5.32 Å². The summed E-state index contributed by atoms with van der Waals surface area (Å²) in [6.07, 6.45) is -0.0150. The summed E-state index contributed by atoms with van der Waals surface area (Å²) in [6.45, 7) is 2.70. The van der Waals surface area contributed by atoms with Gasteiger partial charge < -0.3 is 20.1 Å². The fraction of sp³-hybridized carbons (Fsp3) is 0.462. The highest BCUT2D eigenvalue weighted by molar-refractivity contribution is 6.33. The number of benzene rings is 1. The van der Waals surface area contributed by atoms with Crippen molar-refractivity contribution >= 4 is 17.5 Å². The van der Waals surface area contributed by atoms with Crippen LogP contribution in [0.3, 0.4) is 0 Å². The molecule has 2 rings (SSSR count). The van der Waals surface area contributed by atoms with Crippen LogP contribution in [0.25, 0.3) is 0 Å². The van der Waals surface area contributed by atoms with Crippen molar-refractivity contribution in [1.82, 2.24) is 10.2 Å². The molecule has 5 nitrogen and oxygen atoms in total. The van der Waals surface area contributed by atoms with Crippen LogP contribution in [0.5, 0.6) is 5.75 Å². The van der Waals surface area contributed by atoms with Gasteiger partial charge in [-0.25, -0.2) is 0 Å². The number of carbonyl (C=O) groups is 1. The van der Waals surface area contributed by atoms with Gasteiger partial charge in [0.2, 0.25) is 0 Å². The Bertz CT molecular complexity index is 461. The zero-order valence-electron chi connectivity index (χ0n) is 10.7. The Labute approximate surface area is 117 Å². The molecule has 2 N–H and O–H groups in total. The van der Waals surface area contributed by atoms with Gasteiger partial charge >= 0.3 is 0 Å². The topological polar surface area (TPSA) is 61.8 Å². The summed E-state index contributed by atoms with van der Waals surface area (Å²) in [4.78, 5) is 13.8. The van der Waals surface area contributed by atoms with Crippen LogP contribution in [0, 0.1) is 0 Å². The molecule has 1 saturated heterocycles. The lowest BCUT2D eigenvalue weighted by Gasteiger charge is -2.28. The molecule has 1 aromatic carbocycles. The number of morpholine rings is 1. The molecule has 6 heteroatoms. The van der Waals surface area contributed by atoms with E-state index in [2.05, 4.69) is 5.32 Å². The van der Waals surface area contributed by atoms with Gasteiger partial charge in [0, 0.05) is 26.7 Å². The second-order valence-corrected chi connectivity index (χ2v) is 4.95. The standard InChI is InChI=1S/C13H17ClN2O3/c1-16(8-10-7-15-4-5-19-10)13(18)11-6-9(17)2-3-12(11)14/h2-3,6,10,15,17H,4-5,7-8H2,1H3. The first-order valence-corrected chi connectivity index (χ1v) is 6.52. The van der Waals surface area contributed by atoms with Crippen molar-refractivity contribution in [3.63, 3.8) is 0 Å². The number of rotatable bonds is 3. The average molecular weight is 285 g/mol. The van der Waals surface area contributed by atoms with Gasteiger partial charge in [-0.1, -0.05) is 11.6 Å². The lowest BCUT2D eigenvalue weighted by Crippen LogP contribution is -2.45. The van der Waals surface area contributed by atoms with Gasteiger partial charge in [-0.3, -0.25) is 4.79 Å². The number of hydrogen-bond acceptors (Lipinski definition) is 4. The molecular weight excluding hydrogens is 268 g/mol. The summed E-state index contributed by atoms with van der Waals surface area (Å²) < 4.78 is 5.55. The number of likely N-dealkylation sites (N-methyl/N-ethyl adjacent to an activating group) is 1. The Hall–Kier alpha value is -1.30. The van der Waals surface area contributed by atoms with Crippen LogP contribution in [-0.4, -0.2) is 55.3 Å². The summed E-state index contributed by atoms with van der Waals surface area (Å²) in [5.74, 6) is -0.202. The summed E-state index contributed by atoms with van der Waals surface area (Å²) in [5, 5.41) is 13.0. The highest BCUT2D eigenvalue weighted by atomic mass is 35.5. The number of nitrogens with zero attached hydrogens (tertiary/aromatic N) is 1. The third-order valence-corrected chi connectivity index (χ3v) is 3.34. The number of halogens is 1. The molecule has 1 aliphatic rings. The average Bonchev–Trinajstić information content (AvgIpc) is 2.42. The molecule has 19 heavy (non-hydrogen) atoms. The molecule has 1 amide bonds. The quantitative estimate of drug-likeness (QED) is 0.873. The zero-order chi connectivity index (χ0) is 13.8. The monoisotopic (exact) mass is 284 g/mol. The number of amides is 1. The molecule has 1 atom stereocenters. The Balaban J connectivity index is 2.03. The van der Waals surface area contributed by atoms with E-state index in [-0.39, 0.29) is 17.8 Å². The van der Waals surface area contributed by atoms with Crippen molar-refractivity contribution in [3.05, 3.63) is 28.8 Å². The second-order valence-electron chi connectivity index (χ2n) is 4.55. The summed E-state index contributed by atoms with van der Waals surface area (Å²) in [7, 11) is 1.70. The number of phenols is 1. The van der Waals surface area contributed by atoms with Crippen LogP contribution in [0.1, 0.15) is 10.4 Å². The first kappa shape index (κ1) is 14.1. The molecule has 1 unspecified atom stereocenters. The predicted octanol–water partition coefficient (Wildman–Crippen LogP) is 1.11. The molecule has 0 bridgehead atoms. The van der Waals surface area contributed by atoms with Gasteiger partial charge in [-0.2, -0.15) is 0 Å². The molecule has 0 saturated carbocycles. The maximum atomic E-state index is 12.2. The molecule has 104 valence electrons. The third kappa shape index (κ3) is 3.59. The van der Waals surface area contributed by atoms with Gasteiger partial charge in [0.1, 0.15) is 5.75 Å². The van der Waals surface area contributed by atoms with Crippen molar-refractivity contribution < 1.29 is 14.6 Å². The Morgan fingerprint density at radius 2 is 2.42 bits per heavy atom. The smallest absolute Gasteiger partial charge is 0.255 e. The highest BCUT2D eigenvalue weighted by Crippen LogP contribution is 2.22. The lowest BCUT2D eigenvalue weighted by molar-refractivity contribution is 0.0104. The van der Waals surface area contributed by atoms with Gasteiger partial charge in [0.15, 0.2) is 0 Å². The SMILES string of the molecule is CN(CC1CNCCO1)C(=O)c1cc(O)ccc1Cl. The maximum absolute atomic E-state index is 12.2. The number of aromatic hydroxyl groups is 1. The fourth-order valence-corrected chi connectivity index (χ4v) is 2.21. The van der Waals surface area contributed by atoms with Crippen LogP contribution >= 0.6 is 11.6 Å². The van der Waals surface area contributed by atoms with Crippen molar-refractivity contribution in [1.29, 1.82) is 0 Å². The molecule has 1 aromatic rings. The van der Waals surface area contributed by atoms with E-state index < -0.39 is 0 Å². The molecule has 0 aromatic heterocycles.